The molecule has 0 aliphatic heterocycles. The van der Waals surface area contributed by atoms with Gasteiger partial charge in [-0.3, -0.25) is 4.98 Å². The minimum absolute atomic E-state index is 0.397. The topological polar surface area (TPSA) is 106 Å². The number of rotatable bonds is 5. The predicted octanol–water partition coefficient (Wildman–Crippen LogP) is 0.563. The molecule has 9 nitrogen and oxygen atoms in total. The van der Waals surface area contributed by atoms with Gasteiger partial charge in [0.15, 0.2) is 0 Å². The van der Waals surface area contributed by atoms with Gasteiger partial charge in [0.25, 0.3) is 5.95 Å². The maximum absolute atomic E-state index is 4.29. The molecule has 3 aromatic heterocycles. The number of thiazole rings is 1. The largest absolute Gasteiger partial charge is 0.357 e. The van der Waals surface area contributed by atoms with Crippen LogP contribution in [0.25, 0.3) is 5.95 Å². The Hall–Kier alpha value is -2.62. The van der Waals surface area contributed by atoms with Crippen molar-refractivity contribution in [2.75, 3.05) is 17.7 Å². The third-order valence-electron chi connectivity index (χ3n) is 2.38. The van der Waals surface area contributed by atoms with Gasteiger partial charge in [0.2, 0.25) is 11.9 Å². The van der Waals surface area contributed by atoms with Crippen LogP contribution in [-0.4, -0.2) is 41.7 Å². The first kappa shape index (κ1) is 12.4. The first-order chi connectivity index (χ1) is 9.85. The van der Waals surface area contributed by atoms with E-state index >= 15 is 0 Å². The molecule has 0 spiro atoms. The van der Waals surface area contributed by atoms with Crippen LogP contribution in [0.4, 0.5) is 11.9 Å². The third kappa shape index (κ3) is 2.69. The van der Waals surface area contributed by atoms with Crippen molar-refractivity contribution in [1.82, 2.24) is 34.7 Å². The Bertz CT molecular complexity index is 664. The van der Waals surface area contributed by atoms with E-state index in [1.54, 1.807) is 30.1 Å². The highest BCUT2D eigenvalue weighted by Crippen LogP contribution is 2.11. The molecule has 3 heterocycles. The summed E-state index contributed by atoms with van der Waals surface area (Å²) in [6, 6.07) is 0. The fourth-order valence-corrected chi connectivity index (χ4v) is 2.00. The van der Waals surface area contributed by atoms with Crippen molar-refractivity contribution in [3.05, 3.63) is 29.2 Å². The molecule has 0 saturated carbocycles. The SMILES string of the molecule is CNc1nc(NCc2cncs2)nc(-n2cncn2)n1. The summed E-state index contributed by atoms with van der Waals surface area (Å²) in [5, 5.41) is 10.0. The van der Waals surface area contributed by atoms with Crippen LogP contribution in [0.3, 0.4) is 0 Å². The van der Waals surface area contributed by atoms with Gasteiger partial charge in [0.05, 0.1) is 12.1 Å². The van der Waals surface area contributed by atoms with Crippen LogP contribution in [-0.2, 0) is 6.54 Å². The second kappa shape index (κ2) is 5.57. The average Bonchev–Trinajstić information content (AvgIpc) is 3.17. The van der Waals surface area contributed by atoms with Crippen molar-refractivity contribution in [2.24, 2.45) is 0 Å². The van der Waals surface area contributed by atoms with Gasteiger partial charge in [0, 0.05) is 18.1 Å². The smallest absolute Gasteiger partial charge is 0.258 e. The number of aromatic nitrogens is 7. The molecule has 0 aromatic carbocycles. The highest BCUT2D eigenvalue weighted by Gasteiger charge is 2.08. The van der Waals surface area contributed by atoms with E-state index in [0.29, 0.717) is 24.4 Å². The van der Waals surface area contributed by atoms with Gasteiger partial charge in [-0.25, -0.2) is 4.98 Å². The number of hydrogen-bond acceptors (Lipinski definition) is 9. The predicted molar refractivity (Wildman–Crippen MR) is 73.7 cm³/mol. The van der Waals surface area contributed by atoms with Crippen LogP contribution in [0, 0.1) is 0 Å². The lowest BCUT2D eigenvalue weighted by molar-refractivity contribution is 0.795. The molecule has 0 unspecified atom stereocenters. The molecular formula is C10H11N9S. The zero-order valence-electron chi connectivity index (χ0n) is 10.6. The standard InChI is InChI=1S/C10H11N9S/c1-11-8-16-9(14-3-7-2-12-6-20-7)18-10(17-8)19-5-13-4-15-19/h2,4-6H,3H2,1H3,(H2,11,14,16,17,18). The molecular weight excluding hydrogens is 278 g/mol. The summed E-state index contributed by atoms with van der Waals surface area (Å²) in [6.07, 6.45) is 4.76. The summed E-state index contributed by atoms with van der Waals surface area (Å²) in [4.78, 5) is 21.7. The molecule has 0 amide bonds. The van der Waals surface area contributed by atoms with Crippen LogP contribution in [0.2, 0.25) is 0 Å². The van der Waals surface area contributed by atoms with Crippen molar-refractivity contribution in [2.45, 2.75) is 6.54 Å². The lowest BCUT2D eigenvalue weighted by Crippen LogP contribution is -2.11. The molecule has 20 heavy (non-hydrogen) atoms. The van der Waals surface area contributed by atoms with E-state index < -0.39 is 0 Å². The van der Waals surface area contributed by atoms with E-state index in [0.717, 1.165) is 4.88 Å². The van der Waals surface area contributed by atoms with Gasteiger partial charge in [-0.05, 0) is 0 Å². The number of anilines is 2. The van der Waals surface area contributed by atoms with Crippen molar-refractivity contribution >= 4 is 23.2 Å². The quantitative estimate of drug-likeness (QED) is 0.702. The van der Waals surface area contributed by atoms with Crippen molar-refractivity contribution in [3.63, 3.8) is 0 Å². The molecule has 102 valence electrons. The summed E-state index contributed by atoms with van der Waals surface area (Å²) in [5.74, 6) is 1.31. The fraction of sp³-hybridized carbons (Fsp3) is 0.200. The minimum Gasteiger partial charge on any atom is -0.357 e. The van der Waals surface area contributed by atoms with Crippen molar-refractivity contribution in [1.29, 1.82) is 0 Å². The van der Waals surface area contributed by atoms with E-state index in [4.69, 9.17) is 0 Å². The molecule has 10 heteroatoms. The van der Waals surface area contributed by atoms with E-state index in [1.807, 2.05) is 0 Å². The molecule has 2 N–H and O–H groups in total. The molecule has 3 rings (SSSR count). The van der Waals surface area contributed by atoms with E-state index in [9.17, 15) is 0 Å². The molecule has 0 fully saturated rings. The maximum atomic E-state index is 4.29. The molecule has 0 saturated heterocycles. The summed E-state index contributed by atoms with van der Waals surface area (Å²) in [5.41, 5.74) is 1.78. The number of nitrogens with one attached hydrogen (secondary N) is 2. The lowest BCUT2D eigenvalue weighted by atomic mass is 10.5. The van der Waals surface area contributed by atoms with Crippen LogP contribution >= 0.6 is 11.3 Å². The van der Waals surface area contributed by atoms with Crippen LogP contribution in [0.1, 0.15) is 4.88 Å². The van der Waals surface area contributed by atoms with E-state index in [1.165, 1.54) is 17.3 Å². The highest BCUT2D eigenvalue weighted by molar-refractivity contribution is 7.09. The Morgan fingerprint density at radius 2 is 2.10 bits per heavy atom. The first-order valence-electron chi connectivity index (χ1n) is 5.75. The molecule has 3 aromatic rings. The van der Waals surface area contributed by atoms with Gasteiger partial charge < -0.3 is 10.6 Å². The maximum Gasteiger partial charge on any atom is 0.258 e. The summed E-state index contributed by atoms with van der Waals surface area (Å²) in [6.45, 7) is 0.606. The van der Waals surface area contributed by atoms with Gasteiger partial charge in [0.1, 0.15) is 12.7 Å². The van der Waals surface area contributed by atoms with Gasteiger partial charge in [-0.15, -0.1) is 11.3 Å². The Labute approximate surface area is 118 Å². The fourth-order valence-electron chi connectivity index (χ4n) is 1.47. The molecule has 0 radical (unpaired) electrons. The minimum atomic E-state index is 0.397. The Balaban J connectivity index is 1.84. The summed E-state index contributed by atoms with van der Waals surface area (Å²) in [7, 11) is 1.74. The van der Waals surface area contributed by atoms with Gasteiger partial charge >= 0.3 is 0 Å². The highest BCUT2D eigenvalue weighted by atomic mass is 32.1. The third-order valence-corrected chi connectivity index (χ3v) is 3.15. The normalized spacial score (nSPS) is 10.4. The Morgan fingerprint density at radius 3 is 2.80 bits per heavy atom. The van der Waals surface area contributed by atoms with Gasteiger partial charge in [-0.2, -0.15) is 24.7 Å². The van der Waals surface area contributed by atoms with Gasteiger partial charge in [-0.1, -0.05) is 0 Å². The Kier molecular flexibility index (Phi) is 3.46. The second-order valence-corrected chi connectivity index (χ2v) is 4.66. The first-order valence-corrected chi connectivity index (χ1v) is 6.63. The average molecular weight is 289 g/mol. The monoisotopic (exact) mass is 289 g/mol. The Morgan fingerprint density at radius 1 is 1.20 bits per heavy atom. The molecule has 0 aliphatic carbocycles. The molecule has 0 atom stereocenters. The summed E-state index contributed by atoms with van der Waals surface area (Å²) >= 11 is 1.57. The second-order valence-electron chi connectivity index (χ2n) is 3.69. The van der Waals surface area contributed by atoms with Crippen molar-refractivity contribution < 1.29 is 0 Å². The van der Waals surface area contributed by atoms with Crippen LogP contribution in [0.15, 0.2) is 24.4 Å². The van der Waals surface area contributed by atoms with E-state index in [-0.39, 0.29) is 0 Å². The zero-order valence-corrected chi connectivity index (χ0v) is 11.4. The molecule has 0 aliphatic rings. The number of hydrogen-bond donors (Lipinski definition) is 2. The molecule has 0 bridgehead atoms. The summed E-state index contributed by atoms with van der Waals surface area (Å²) < 4.78 is 1.47. The number of nitrogens with zero attached hydrogens (tertiary/aromatic N) is 7. The zero-order chi connectivity index (χ0) is 13.8. The van der Waals surface area contributed by atoms with Crippen LogP contribution in [0.5, 0.6) is 0 Å². The lowest BCUT2D eigenvalue weighted by Gasteiger charge is -2.07. The van der Waals surface area contributed by atoms with Crippen molar-refractivity contribution in [3.8, 4) is 5.95 Å². The van der Waals surface area contributed by atoms with E-state index in [2.05, 4.69) is 40.7 Å². The van der Waals surface area contributed by atoms with Crippen LogP contribution < -0.4 is 10.6 Å².